The highest BCUT2D eigenvalue weighted by Gasteiger charge is 2.27. The van der Waals surface area contributed by atoms with Gasteiger partial charge in [0.05, 0.1) is 5.54 Å². The molecule has 0 radical (unpaired) electrons. The fraction of sp³-hybridized carbons (Fsp3) is 0.917. The number of halogens is 1. The molecule has 0 bridgehead atoms. The van der Waals surface area contributed by atoms with Gasteiger partial charge in [0.1, 0.15) is 0 Å². The maximum Gasteiger partial charge on any atom is 0.220 e. The molecule has 0 aromatic carbocycles. The van der Waals surface area contributed by atoms with Gasteiger partial charge in [0.2, 0.25) is 5.91 Å². The molecule has 1 amide bonds. The van der Waals surface area contributed by atoms with E-state index in [-0.39, 0.29) is 23.9 Å². The first-order chi connectivity index (χ1) is 7.15. The Hall–Kier alpha value is -0.280. The molecule has 3 nitrogen and oxygen atoms in total. The molecule has 3 N–H and O–H groups in total. The number of hydrogen-bond acceptors (Lipinski definition) is 2. The highest BCUT2D eigenvalue weighted by atomic mass is 35.5. The van der Waals surface area contributed by atoms with E-state index >= 15 is 0 Å². The van der Waals surface area contributed by atoms with Crippen LogP contribution in [-0.4, -0.2) is 18.0 Å². The molecule has 0 heterocycles. The molecule has 0 aromatic rings. The Kier molecular flexibility index (Phi) is 7.00. The Balaban J connectivity index is 0.00000225. The zero-order chi connectivity index (χ0) is 11.3. The zero-order valence-corrected chi connectivity index (χ0v) is 11.2. The van der Waals surface area contributed by atoms with Crippen LogP contribution in [0.4, 0.5) is 0 Å². The van der Waals surface area contributed by atoms with Crippen molar-refractivity contribution >= 4 is 18.3 Å². The van der Waals surface area contributed by atoms with E-state index in [9.17, 15) is 4.79 Å². The quantitative estimate of drug-likeness (QED) is 0.726. The molecule has 0 aliphatic heterocycles. The largest absolute Gasteiger partial charge is 0.349 e. The lowest BCUT2D eigenvalue weighted by atomic mass is 9.92. The van der Waals surface area contributed by atoms with Gasteiger partial charge < -0.3 is 11.1 Å². The third kappa shape index (κ3) is 4.71. The summed E-state index contributed by atoms with van der Waals surface area (Å²) in [6.07, 6.45) is 6.18. The summed E-state index contributed by atoms with van der Waals surface area (Å²) >= 11 is 0. The van der Waals surface area contributed by atoms with E-state index in [0.29, 0.717) is 13.0 Å². The second-order valence-corrected chi connectivity index (χ2v) is 4.72. The van der Waals surface area contributed by atoms with Crippen LogP contribution in [0.1, 0.15) is 52.4 Å². The molecule has 1 fully saturated rings. The molecule has 0 atom stereocenters. The van der Waals surface area contributed by atoms with E-state index in [0.717, 1.165) is 25.2 Å². The summed E-state index contributed by atoms with van der Waals surface area (Å²) in [5, 5.41) is 3.10. The minimum absolute atomic E-state index is 0. The summed E-state index contributed by atoms with van der Waals surface area (Å²) in [6, 6.07) is 0. The van der Waals surface area contributed by atoms with Crippen LogP contribution in [0.5, 0.6) is 0 Å². The van der Waals surface area contributed by atoms with Crippen molar-refractivity contribution in [2.75, 3.05) is 6.54 Å². The van der Waals surface area contributed by atoms with Crippen molar-refractivity contribution in [1.29, 1.82) is 0 Å². The maximum atomic E-state index is 11.7. The molecule has 1 rings (SSSR count). The molecule has 0 aromatic heterocycles. The van der Waals surface area contributed by atoms with E-state index in [2.05, 4.69) is 19.2 Å². The molecule has 1 aliphatic carbocycles. The minimum atomic E-state index is -0.166. The van der Waals surface area contributed by atoms with Gasteiger partial charge in [0, 0.05) is 13.0 Å². The van der Waals surface area contributed by atoms with Crippen LogP contribution in [0.25, 0.3) is 0 Å². The van der Waals surface area contributed by atoms with Crippen LogP contribution >= 0.6 is 12.4 Å². The lowest BCUT2D eigenvalue weighted by molar-refractivity contribution is -0.123. The zero-order valence-electron chi connectivity index (χ0n) is 10.4. The molecule has 1 aliphatic rings. The Bertz CT molecular complexity index is 205. The monoisotopic (exact) mass is 248 g/mol. The molecule has 96 valence electrons. The van der Waals surface area contributed by atoms with Crippen molar-refractivity contribution < 1.29 is 4.79 Å². The van der Waals surface area contributed by atoms with Crippen molar-refractivity contribution in [3.63, 3.8) is 0 Å². The predicted molar refractivity (Wildman–Crippen MR) is 69.7 cm³/mol. The SMILES string of the molecule is CCC(CC)(CN)NC(=O)CCC1CC1.Cl. The third-order valence-electron chi connectivity index (χ3n) is 3.63. The van der Waals surface area contributed by atoms with Crippen LogP contribution in [0, 0.1) is 5.92 Å². The lowest BCUT2D eigenvalue weighted by Crippen LogP contribution is -2.52. The van der Waals surface area contributed by atoms with Gasteiger partial charge in [-0.3, -0.25) is 4.79 Å². The summed E-state index contributed by atoms with van der Waals surface area (Å²) in [4.78, 5) is 11.7. The number of carbonyl (C=O) groups is 1. The molecule has 0 spiro atoms. The van der Waals surface area contributed by atoms with Gasteiger partial charge in [-0.05, 0) is 25.2 Å². The number of amides is 1. The summed E-state index contributed by atoms with van der Waals surface area (Å²) in [7, 11) is 0. The average molecular weight is 249 g/mol. The van der Waals surface area contributed by atoms with E-state index < -0.39 is 0 Å². The summed E-state index contributed by atoms with van der Waals surface area (Å²) in [6.45, 7) is 4.70. The molecule has 16 heavy (non-hydrogen) atoms. The second-order valence-electron chi connectivity index (χ2n) is 4.72. The van der Waals surface area contributed by atoms with Gasteiger partial charge in [-0.25, -0.2) is 0 Å². The summed E-state index contributed by atoms with van der Waals surface area (Å²) < 4.78 is 0. The van der Waals surface area contributed by atoms with Gasteiger partial charge in [0.15, 0.2) is 0 Å². The molecular formula is C12H25ClN2O. The number of carbonyl (C=O) groups excluding carboxylic acids is 1. The maximum absolute atomic E-state index is 11.7. The average Bonchev–Trinajstić information content (AvgIpc) is 3.07. The lowest BCUT2D eigenvalue weighted by Gasteiger charge is -2.31. The van der Waals surface area contributed by atoms with Gasteiger partial charge in [0.25, 0.3) is 0 Å². The molecule has 1 saturated carbocycles. The normalized spacial score (nSPS) is 15.4. The fourth-order valence-corrected chi connectivity index (χ4v) is 1.87. The topological polar surface area (TPSA) is 55.1 Å². The molecule has 0 saturated heterocycles. The highest BCUT2D eigenvalue weighted by Crippen LogP contribution is 2.33. The Morgan fingerprint density at radius 2 is 1.94 bits per heavy atom. The second kappa shape index (κ2) is 7.13. The number of nitrogens with one attached hydrogen (secondary N) is 1. The van der Waals surface area contributed by atoms with Crippen molar-refractivity contribution in [1.82, 2.24) is 5.32 Å². The van der Waals surface area contributed by atoms with E-state index in [1.165, 1.54) is 12.8 Å². The van der Waals surface area contributed by atoms with Gasteiger partial charge in [-0.1, -0.05) is 26.7 Å². The van der Waals surface area contributed by atoms with Gasteiger partial charge in [-0.15, -0.1) is 12.4 Å². The van der Waals surface area contributed by atoms with Gasteiger partial charge >= 0.3 is 0 Å². The predicted octanol–water partition coefficient (Wildman–Crippen LogP) is 2.23. The number of nitrogens with two attached hydrogens (primary N) is 1. The van der Waals surface area contributed by atoms with Crippen molar-refractivity contribution in [2.24, 2.45) is 11.7 Å². The van der Waals surface area contributed by atoms with Crippen LogP contribution in [-0.2, 0) is 4.79 Å². The Morgan fingerprint density at radius 3 is 2.31 bits per heavy atom. The van der Waals surface area contributed by atoms with Crippen molar-refractivity contribution in [3.8, 4) is 0 Å². The molecule has 4 heteroatoms. The summed E-state index contributed by atoms with van der Waals surface area (Å²) in [5.41, 5.74) is 5.56. The minimum Gasteiger partial charge on any atom is -0.349 e. The smallest absolute Gasteiger partial charge is 0.220 e. The van der Waals surface area contributed by atoms with Crippen LogP contribution < -0.4 is 11.1 Å². The summed E-state index contributed by atoms with van der Waals surface area (Å²) in [5.74, 6) is 1.00. The van der Waals surface area contributed by atoms with Gasteiger partial charge in [-0.2, -0.15) is 0 Å². The highest BCUT2D eigenvalue weighted by molar-refractivity contribution is 5.85. The van der Waals surface area contributed by atoms with Crippen molar-refractivity contribution in [2.45, 2.75) is 57.9 Å². The third-order valence-corrected chi connectivity index (χ3v) is 3.63. The standard InChI is InChI=1S/C12H24N2O.ClH/c1-3-12(4-2,9-13)14-11(15)8-7-10-5-6-10;/h10H,3-9,13H2,1-2H3,(H,14,15);1H. The Labute approximate surface area is 105 Å². The number of hydrogen-bond donors (Lipinski definition) is 2. The molecular weight excluding hydrogens is 224 g/mol. The van der Waals surface area contributed by atoms with E-state index in [1.807, 2.05) is 0 Å². The first-order valence-electron chi connectivity index (χ1n) is 6.17. The molecule has 0 unspecified atom stereocenters. The van der Waals surface area contributed by atoms with Crippen LogP contribution in [0.3, 0.4) is 0 Å². The van der Waals surface area contributed by atoms with Crippen molar-refractivity contribution in [3.05, 3.63) is 0 Å². The first kappa shape index (κ1) is 15.7. The van der Waals surface area contributed by atoms with Crippen LogP contribution in [0.15, 0.2) is 0 Å². The van der Waals surface area contributed by atoms with Crippen LogP contribution in [0.2, 0.25) is 0 Å². The van der Waals surface area contributed by atoms with E-state index in [1.54, 1.807) is 0 Å². The number of rotatable bonds is 7. The first-order valence-corrected chi connectivity index (χ1v) is 6.17. The van der Waals surface area contributed by atoms with E-state index in [4.69, 9.17) is 5.73 Å². The fourth-order valence-electron chi connectivity index (χ4n) is 1.87. The Morgan fingerprint density at radius 1 is 1.38 bits per heavy atom.